The SMILES string of the molecule is CN.CO.COc1ccc(C=O)cc1.O=Cc1cccc(N2CCC(C=O)CC2)c1. The van der Waals surface area contributed by atoms with Crippen LogP contribution in [0.3, 0.4) is 0 Å². The van der Waals surface area contributed by atoms with E-state index < -0.39 is 0 Å². The first-order valence-corrected chi connectivity index (χ1v) is 9.57. The maximum Gasteiger partial charge on any atom is 0.150 e. The van der Waals surface area contributed by atoms with Crippen LogP contribution < -0.4 is 15.4 Å². The summed E-state index contributed by atoms with van der Waals surface area (Å²) in [7, 11) is 4.09. The highest BCUT2D eigenvalue weighted by Gasteiger charge is 2.18. The van der Waals surface area contributed by atoms with Crippen molar-refractivity contribution >= 4 is 24.5 Å². The fourth-order valence-electron chi connectivity index (χ4n) is 2.77. The summed E-state index contributed by atoms with van der Waals surface area (Å²) in [6.07, 6.45) is 4.55. The van der Waals surface area contributed by atoms with Gasteiger partial charge in [0.2, 0.25) is 0 Å². The van der Waals surface area contributed by atoms with Crippen LogP contribution in [0.15, 0.2) is 48.5 Å². The van der Waals surface area contributed by atoms with Crippen molar-refractivity contribution in [3.63, 3.8) is 0 Å². The second-order valence-electron chi connectivity index (χ2n) is 6.06. The molecule has 1 aliphatic heterocycles. The van der Waals surface area contributed by atoms with Gasteiger partial charge >= 0.3 is 0 Å². The monoisotopic (exact) mass is 416 g/mol. The maximum absolute atomic E-state index is 10.7. The van der Waals surface area contributed by atoms with Crippen LogP contribution in [0.25, 0.3) is 0 Å². The standard InChI is InChI=1S/C13H15NO2.C8H8O2.CH5N.CH4O/c15-9-11-4-6-14(7-5-11)13-3-1-2-12(8-13)10-16;1-10-8-4-2-7(6-9)3-5-8;2*1-2/h1-3,8-11H,4-7H2;2-6H,1H3;2H2,1H3;2H,1H3. The molecule has 0 spiro atoms. The van der Waals surface area contributed by atoms with Crippen molar-refractivity contribution in [1.82, 2.24) is 0 Å². The number of aliphatic hydroxyl groups excluding tert-OH is 1. The number of rotatable bonds is 5. The van der Waals surface area contributed by atoms with Crippen molar-refractivity contribution in [3.05, 3.63) is 59.7 Å². The molecule has 0 radical (unpaired) electrons. The Kier molecular flexibility index (Phi) is 15.2. The van der Waals surface area contributed by atoms with Crippen molar-refractivity contribution in [3.8, 4) is 5.75 Å². The summed E-state index contributed by atoms with van der Waals surface area (Å²) in [6, 6.07) is 14.5. The van der Waals surface area contributed by atoms with Crippen molar-refractivity contribution in [2.45, 2.75) is 12.8 Å². The number of nitrogens with two attached hydrogens (primary N) is 1. The highest BCUT2D eigenvalue weighted by molar-refractivity contribution is 5.77. The summed E-state index contributed by atoms with van der Waals surface area (Å²) in [6.45, 7) is 1.79. The highest BCUT2D eigenvalue weighted by Crippen LogP contribution is 2.22. The minimum absolute atomic E-state index is 0.213. The second-order valence-corrected chi connectivity index (χ2v) is 6.06. The first-order chi connectivity index (χ1) is 14.7. The Hall–Kier alpha value is -3.03. The van der Waals surface area contributed by atoms with Gasteiger partial charge in [0.25, 0.3) is 0 Å². The Morgan fingerprint density at radius 1 is 0.933 bits per heavy atom. The number of hydrogen-bond acceptors (Lipinski definition) is 7. The molecule has 2 aromatic carbocycles. The summed E-state index contributed by atoms with van der Waals surface area (Å²) < 4.78 is 4.90. The number of benzene rings is 2. The molecule has 0 amide bonds. The zero-order valence-electron chi connectivity index (χ0n) is 17.9. The van der Waals surface area contributed by atoms with E-state index in [9.17, 15) is 14.4 Å². The van der Waals surface area contributed by atoms with Gasteiger partial charge in [-0.2, -0.15) is 0 Å². The number of methoxy groups -OCH3 is 1. The average molecular weight is 417 g/mol. The van der Waals surface area contributed by atoms with Gasteiger partial charge in [-0.25, -0.2) is 0 Å². The lowest BCUT2D eigenvalue weighted by atomic mass is 9.98. The largest absolute Gasteiger partial charge is 0.497 e. The summed E-state index contributed by atoms with van der Waals surface area (Å²) in [4.78, 5) is 33.7. The van der Waals surface area contributed by atoms with Crippen LogP contribution in [-0.2, 0) is 4.79 Å². The van der Waals surface area contributed by atoms with E-state index in [4.69, 9.17) is 9.84 Å². The second kappa shape index (κ2) is 16.9. The van der Waals surface area contributed by atoms with E-state index in [1.807, 2.05) is 18.2 Å². The molecule has 30 heavy (non-hydrogen) atoms. The Morgan fingerprint density at radius 3 is 1.97 bits per heavy atom. The van der Waals surface area contributed by atoms with Crippen LogP contribution in [0, 0.1) is 5.92 Å². The third-order valence-electron chi connectivity index (χ3n) is 4.36. The molecule has 1 heterocycles. The summed E-state index contributed by atoms with van der Waals surface area (Å²) in [5.41, 5.74) is 6.95. The Bertz CT molecular complexity index is 727. The van der Waals surface area contributed by atoms with Crippen molar-refractivity contribution in [2.75, 3.05) is 39.3 Å². The van der Waals surface area contributed by atoms with E-state index >= 15 is 0 Å². The molecular formula is C23H32N2O5. The minimum atomic E-state index is 0.213. The molecule has 2 aromatic rings. The van der Waals surface area contributed by atoms with Gasteiger partial charge < -0.3 is 25.3 Å². The third-order valence-corrected chi connectivity index (χ3v) is 4.36. The van der Waals surface area contributed by atoms with Crippen molar-refractivity contribution in [1.29, 1.82) is 0 Å². The molecule has 0 aliphatic carbocycles. The number of piperidine rings is 1. The molecule has 0 atom stereocenters. The van der Waals surface area contributed by atoms with Crippen LogP contribution in [0.5, 0.6) is 5.75 Å². The average Bonchev–Trinajstić information content (AvgIpc) is 2.87. The number of carbonyl (C=O) groups is 3. The molecular weight excluding hydrogens is 384 g/mol. The highest BCUT2D eigenvalue weighted by atomic mass is 16.5. The van der Waals surface area contributed by atoms with Crippen molar-refractivity contribution in [2.24, 2.45) is 11.7 Å². The molecule has 0 saturated carbocycles. The molecule has 1 fully saturated rings. The molecule has 7 heteroatoms. The Labute approximate surface area is 178 Å². The predicted octanol–water partition coefficient (Wildman–Crippen LogP) is 2.61. The lowest BCUT2D eigenvalue weighted by molar-refractivity contribution is -0.111. The van der Waals surface area contributed by atoms with E-state index in [-0.39, 0.29) is 5.92 Å². The van der Waals surface area contributed by atoms with Crippen LogP contribution >= 0.6 is 0 Å². The number of ether oxygens (including phenoxy) is 1. The normalized spacial score (nSPS) is 12.5. The first kappa shape index (κ1) is 27.0. The number of aldehydes is 3. The summed E-state index contributed by atoms with van der Waals surface area (Å²) in [5.74, 6) is 0.983. The number of aliphatic hydroxyl groups is 1. The van der Waals surface area contributed by atoms with E-state index in [2.05, 4.69) is 10.6 Å². The molecule has 3 N–H and O–H groups in total. The molecule has 3 rings (SSSR count). The van der Waals surface area contributed by atoms with Crippen LogP contribution in [0.1, 0.15) is 33.6 Å². The number of carbonyl (C=O) groups excluding carboxylic acids is 3. The zero-order valence-corrected chi connectivity index (χ0v) is 17.9. The Balaban J connectivity index is 0.000000518. The maximum atomic E-state index is 10.7. The van der Waals surface area contributed by atoms with Crippen molar-refractivity contribution < 1.29 is 24.2 Å². The molecule has 0 unspecified atom stereocenters. The van der Waals surface area contributed by atoms with Gasteiger partial charge in [0.15, 0.2) is 0 Å². The summed E-state index contributed by atoms with van der Waals surface area (Å²) >= 11 is 0. The van der Waals surface area contributed by atoms with E-state index in [1.54, 1.807) is 37.4 Å². The van der Waals surface area contributed by atoms with E-state index in [1.165, 1.54) is 7.05 Å². The molecule has 1 saturated heterocycles. The molecule has 164 valence electrons. The van der Waals surface area contributed by atoms with Crippen LogP contribution in [0.2, 0.25) is 0 Å². The van der Waals surface area contributed by atoms with Crippen LogP contribution in [0.4, 0.5) is 5.69 Å². The molecule has 0 bridgehead atoms. The van der Waals surface area contributed by atoms with Gasteiger partial charge in [0.05, 0.1) is 7.11 Å². The van der Waals surface area contributed by atoms with Gasteiger partial charge in [0, 0.05) is 42.9 Å². The topological polar surface area (TPSA) is 110 Å². The number of anilines is 1. The third kappa shape index (κ3) is 9.45. The van der Waals surface area contributed by atoms with Gasteiger partial charge in [-0.1, -0.05) is 12.1 Å². The summed E-state index contributed by atoms with van der Waals surface area (Å²) in [5, 5.41) is 7.00. The Morgan fingerprint density at radius 2 is 1.50 bits per heavy atom. The number of hydrogen-bond donors (Lipinski definition) is 2. The molecule has 0 aromatic heterocycles. The fourth-order valence-corrected chi connectivity index (χ4v) is 2.77. The lowest BCUT2D eigenvalue weighted by Gasteiger charge is -2.31. The zero-order chi connectivity index (χ0) is 22.8. The quantitative estimate of drug-likeness (QED) is 0.721. The predicted molar refractivity (Wildman–Crippen MR) is 119 cm³/mol. The van der Waals surface area contributed by atoms with E-state index in [0.29, 0.717) is 11.1 Å². The first-order valence-electron chi connectivity index (χ1n) is 9.57. The van der Waals surface area contributed by atoms with Gasteiger partial charge in [-0.05, 0) is 56.3 Å². The molecule has 1 aliphatic rings. The van der Waals surface area contributed by atoms with Crippen LogP contribution in [-0.4, -0.2) is 58.3 Å². The fraction of sp³-hybridized carbons (Fsp3) is 0.348. The molecule has 7 nitrogen and oxygen atoms in total. The minimum Gasteiger partial charge on any atom is -0.497 e. The smallest absolute Gasteiger partial charge is 0.150 e. The lowest BCUT2D eigenvalue weighted by Crippen LogP contribution is -2.34. The van der Waals surface area contributed by atoms with E-state index in [0.717, 1.165) is 63.3 Å². The van der Waals surface area contributed by atoms with Gasteiger partial charge in [-0.3, -0.25) is 9.59 Å². The van der Waals surface area contributed by atoms with Gasteiger partial charge in [-0.15, -0.1) is 0 Å². The number of nitrogens with zero attached hydrogens (tertiary/aromatic N) is 1. The van der Waals surface area contributed by atoms with Gasteiger partial charge in [0.1, 0.15) is 24.6 Å².